The van der Waals surface area contributed by atoms with Crippen LogP contribution < -0.4 is 11.1 Å². The van der Waals surface area contributed by atoms with Crippen molar-refractivity contribution in [3.05, 3.63) is 53.2 Å². The monoisotopic (exact) mass is 509 g/mol. The lowest BCUT2D eigenvalue weighted by atomic mass is 9.80. The van der Waals surface area contributed by atoms with Gasteiger partial charge in [0, 0.05) is 29.1 Å². The average molecular weight is 510 g/mol. The molecule has 1 saturated carbocycles. The third-order valence-corrected chi connectivity index (χ3v) is 7.62. The molecule has 2 heterocycles. The van der Waals surface area contributed by atoms with E-state index >= 15 is 4.39 Å². The van der Waals surface area contributed by atoms with Crippen LogP contribution in [-0.2, 0) is 11.2 Å². The van der Waals surface area contributed by atoms with Crippen molar-refractivity contribution in [1.82, 2.24) is 4.57 Å². The number of hydrogen-bond donors (Lipinski definition) is 3. The first kappa shape index (κ1) is 24.9. The van der Waals surface area contributed by atoms with Gasteiger partial charge in [0.1, 0.15) is 11.6 Å². The molecule has 7 nitrogen and oxygen atoms in total. The zero-order valence-electron chi connectivity index (χ0n) is 20.7. The number of amides is 1. The van der Waals surface area contributed by atoms with Crippen molar-refractivity contribution in [2.45, 2.75) is 58.4 Å². The Labute approximate surface area is 212 Å². The van der Waals surface area contributed by atoms with Crippen LogP contribution in [0.15, 0.2) is 30.3 Å². The lowest BCUT2D eigenvalue weighted by Crippen LogP contribution is -2.31. The highest BCUT2D eigenvalue weighted by Crippen LogP contribution is 2.44. The fourth-order valence-corrected chi connectivity index (χ4v) is 5.91. The molecule has 1 aromatic heterocycles. The molecule has 2 aromatic carbocycles. The summed E-state index contributed by atoms with van der Waals surface area (Å²) in [4.78, 5) is 36.7. The highest BCUT2D eigenvalue weighted by atomic mass is 19.1. The summed E-state index contributed by atoms with van der Waals surface area (Å²) in [5.41, 5.74) is 7.29. The van der Waals surface area contributed by atoms with Crippen molar-refractivity contribution < 1.29 is 28.3 Å². The minimum atomic E-state index is -0.923. The van der Waals surface area contributed by atoms with Crippen LogP contribution in [0, 0.1) is 23.0 Å². The Morgan fingerprint density at radius 1 is 1.08 bits per heavy atom. The van der Waals surface area contributed by atoms with Gasteiger partial charge in [0.2, 0.25) is 5.91 Å². The summed E-state index contributed by atoms with van der Waals surface area (Å²) in [6.45, 7) is 3.96. The molecule has 1 aliphatic carbocycles. The van der Waals surface area contributed by atoms with Gasteiger partial charge in [-0.1, -0.05) is 13.8 Å². The summed E-state index contributed by atoms with van der Waals surface area (Å²) in [5.74, 6) is -3.61. The van der Waals surface area contributed by atoms with Crippen molar-refractivity contribution in [3.63, 3.8) is 0 Å². The molecule has 37 heavy (non-hydrogen) atoms. The van der Waals surface area contributed by atoms with Gasteiger partial charge in [-0.3, -0.25) is 19.0 Å². The minimum absolute atomic E-state index is 0.155. The summed E-state index contributed by atoms with van der Waals surface area (Å²) < 4.78 is 31.2. The van der Waals surface area contributed by atoms with E-state index < -0.39 is 29.4 Å². The Kier molecular flexibility index (Phi) is 6.04. The second-order valence-corrected chi connectivity index (χ2v) is 11.0. The third-order valence-electron chi connectivity index (χ3n) is 7.62. The standard InChI is InChI=1S/C28H29F2N3O4/c1-28(2)12-22-24(18-8-5-16(29)11-21(18)33(22)23(34)13-28)15-9-19(30)25(26(31)35)20(10-15)32-17-6-3-14(4-7-17)27(36)37/h5,8-11,14,17,32H,3-4,6-7,12-13H2,1-2H3,(H2,31,35)(H,36,37). The molecule has 3 aromatic rings. The predicted octanol–water partition coefficient (Wildman–Crippen LogP) is 5.35. The minimum Gasteiger partial charge on any atom is -0.481 e. The van der Waals surface area contributed by atoms with E-state index in [1.165, 1.54) is 22.8 Å². The number of anilines is 1. The summed E-state index contributed by atoms with van der Waals surface area (Å²) in [6, 6.07) is 6.94. The van der Waals surface area contributed by atoms with Crippen molar-refractivity contribution >= 4 is 34.4 Å². The number of halogens is 2. The first-order valence-corrected chi connectivity index (χ1v) is 12.4. The molecule has 0 bridgehead atoms. The maximum absolute atomic E-state index is 15.4. The van der Waals surface area contributed by atoms with E-state index in [-0.39, 0.29) is 28.6 Å². The average Bonchev–Trinajstić information content (AvgIpc) is 3.10. The molecule has 4 N–H and O–H groups in total. The molecule has 0 spiro atoms. The van der Waals surface area contributed by atoms with E-state index in [0.717, 1.165) is 0 Å². The van der Waals surface area contributed by atoms with Gasteiger partial charge in [0.15, 0.2) is 0 Å². The highest BCUT2D eigenvalue weighted by molar-refractivity contribution is 6.06. The number of nitrogens with zero attached hydrogens (tertiary/aromatic N) is 1. The van der Waals surface area contributed by atoms with Crippen molar-refractivity contribution in [1.29, 1.82) is 0 Å². The highest BCUT2D eigenvalue weighted by Gasteiger charge is 2.36. The second-order valence-electron chi connectivity index (χ2n) is 11.0. The summed E-state index contributed by atoms with van der Waals surface area (Å²) >= 11 is 0. The van der Waals surface area contributed by atoms with Crippen LogP contribution in [0.25, 0.3) is 22.0 Å². The van der Waals surface area contributed by atoms with Crippen LogP contribution in [0.3, 0.4) is 0 Å². The van der Waals surface area contributed by atoms with E-state index in [1.807, 2.05) is 13.8 Å². The summed E-state index contributed by atoms with van der Waals surface area (Å²) in [5, 5.41) is 13.1. The number of aromatic nitrogens is 1. The van der Waals surface area contributed by atoms with Crippen LogP contribution >= 0.6 is 0 Å². The lowest BCUT2D eigenvalue weighted by molar-refractivity contribution is -0.142. The number of nitrogens with two attached hydrogens (primary N) is 1. The number of carbonyl (C=O) groups is 3. The lowest BCUT2D eigenvalue weighted by Gasteiger charge is -2.31. The number of aliphatic carboxylic acids is 1. The number of hydrogen-bond acceptors (Lipinski definition) is 4. The quantitative estimate of drug-likeness (QED) is 0.429. The first-order chi connectivity index (χ1) is 17.4. The van der Waals surface area contributed by atoms with Gasteiger partial charge >= 0.3 is 5.97 Å². The Morgan fingerprint density at radius 2 is 1.78 bits per heavy atom. The maximum Gasteiger partial charge on any atom is 0.306 e. The maximum atomic E-state index is 15.4. The zero-order chi connectivity index (χ0) is 26.6. The number of carboxylic acid groups (broad SMARTS) is 1. The predicted molar refractivity (Wildman–Crippen MR) is 136 cm³/mol. The van der Waals surface area contributed by atoms with Crippen LogP contribution in [0.5, 0.6) is 0 Å². The molecule has 2 aliphatic rings. The van der Waals surface area contributed by atoms with Gasteiger partial charge in [0.25, 0.3) is 5.91 Å². The van der Waals surface area contributed by atoms with Gasteiger partial charge in [-0.05, 0) is 73.4 Å². The molecule has 1 fully saturated rings. The molecule has 194 valence electrons. The molecule has 5 rings (SSSR count). The summed E-state index contributed by atoms with van der Waals surface area (Å²) in [6.07, 6.45) is 2.86. The van der Waals surface area contributed by atoms with Crippen LogP contribution in [0.2, 0.25) is 0 Å². The molecule has 1 aliphatic heterocycles. The number of carboxylic acids is 1. The third kappa shape index (κ3) is 4.47. The molecule has 0 radical (unpaired) electrons. The Balaban J connectivity index is 1.65. The van der Waals surface area contributed by atoms with Crippen molar-refractivity contribution in [3.8, 4) is 11.1 Å². The molecule has 0 unspecified atom stereocenters. The fraction of sp³-hybridized carbons (Fsp3) is 0.393. The number of primary amides is 1. The molecule has 9 heteroatoms. The number of benzene rings is 2. The second kappa shape index (κ2) is 8.97. The van der Waals surface area contributed by atoms with E-state index in [9.17, 15) is 23.9 Å². The van der Waals surface area contributed by atoms with E-state index in [2.05, 4.69) is 5.32 Å². The van der Waals surface area contributed by atoms with E-state index in [0.29, 0.717) is 66.2 Å². The molecular formula is C28H29F2N3O4. The molecule has 1 amide bonds. The number of fused-ring (bicyclic) bond motifs is 3. The van der Waals surface area contributed by atoms with Crippen LogP contribution in [0.1, 0.15) is 66.8 Å². The van der Waals surface area contributed by atoms with Crippen molar-refractivity contribution in [2.75, 3.05) is 5.32 Å². The van der Waals surface area contributed by atoms with Gasteiger partial charge in [-0.2, -0.15) is 0 Å². The van der Waals surface area contributed by atoms with Gasteiger partial charge < -0.3 is 16.2 Å². The van der Waals surface area contributed by atoms with Gasteiger partial charge in [0.05, 0.1) is 22.7 Å². The van der Waals surface area contributed by atoms with E-state index in [4.69, 9.17) is 5.73 Å². The first-order valence-electron chi connectivity index (χ1n) is 12.4. The normalized spacial score (nSPS) is 21.0. The Bertz CT molecular complexity index is 1450. The molecular weight excluding hydrogens is 480 g/mol. The van der Waals surface area contributed by atoms with Crippen molar-refractivity contribution in [2.24, 2.45) is 17.1 Å². The Hall–Kier alpha value is -3.75. The Morgan fingerprint density at radius 3 is 2.43 bits per heavy atom. The summed E-state index contributed by atoms with van der Waals surface area (Å²) in [7, 11) is 0. The molecule has 0 atom stereocenters. The SMILES string of the molecule is CC1(C)CC(=O)n2c(c(-c3cc(F)c(C(N)=O)c(NC4CCC(C(=O)O)CC4)c3)c3ccc(F)cc32)C1. The van der Waals surface area contributed by atoms with Gasteiger partial charge in [-0.25, -0.2) is 8.78 Å². The number of carbonyl (C=O) groups excluding carboxylic acids is 2. The topological polar surface area (TPSA) is 114 Å². The zero-order valence-corrected chi connectivity index (χ0v) is 20.7. The number of nitrogens with one attached hydrogen (secondary N) is 1. The van der Waals surface area contributed by atoms with Gasteiger partial charge in [-0.15, -0.1) is 0 Å². The van der Waals surface area contributed by atoms with Crippen LogP contribution in [-0.4, -0.2) is 33.5 Å². The number of rotatable bonds is 5. The fourth-order valence-electron chi connectivity index (χ4n) is 5.91. The molecule has 0 saturated heterocycles. The van der Waals surface area contributed by atoms with Crippen LogP contribution in [0.4, 0.5) is 14.5 Å². The smallest absolute Gasteiger partial charge is 0.306 e. The van der Waals surface area contributed by atoms with E-state index in [1.54, 1.807) is 12.1 Å². The largest absolute Gasteiger partial charge is 0.481 e.